The predicted octanol–water partition coefficient (Wildman–Crippen LogP) is 3.60. The first kappa shape index (κ1) is 23.7. The fourth-order valence-electron chi connectivity index (χ4n) is 6.63. The molecule has 0 unspecified atom stereocenters. The number of amides is 2. The van der Waals surface area contributed by atoms with E-state index in [0.29, 0.717) is 82.0 Å². The first-order valence-electron chi connectivity index (χ1n) is 13.8. The van der Waals surface area contributed by atoms with Crippen molar-refractivity contribution in [1.29, 1.82) is 0 Å². The minimum atomic E-state index is -0.843. The van der Waals surface area contributed by atoms with Gasteiger partial charge < -0.3 is 19.4 Å². The number of nitrogens with zero attached hydrogens (tertiary/aromatic N) is 3. The molecule has 2 aromatic rings. The number of halogens is 1. The number of anilines is 1. The summed E-state index contributed by atoms with van der Waals surface area (Å²) < 4.78 is 21.4. The Balaban J connectivity index is 1.04. The van der Waals surface area contributed by atoms with Crippen molar-refractivity contribution in [2.45, 2.75) is 49.5 Å². The van der Waals surface area contributed by atoms with Crippen molar-refractivity contribution in [3.63, 3.8) is 0 Å². The highest BCUT2D eigenvalue weighted by atomic mass is 19.1. The molecule has 8 heteroatoms. The van der Waals surface area contributed by atoms with Gasteiger partial charge in [-0.05, 0) is 49.8 Å². The number of fused-ring (bicyclic) bond motifs is 2. The molecule has 0 radical (unpaired) electrons. The van der Waals surface area contributed by atoms with Gasteiger partial charge in [0, 0.05) is 62.4 Å². The second-order valence-corrected chi connectivity index (χ2v) is 11.7. The average Bonchev–Trinajstić information content (AvgIpc) is 3.86. The SMILES string of the molecule is O=C1O[C@]2(CCN(C(=O)C3(c4ccc(N5CCN(C(=O)CC6CC6)CC5)cc4F)CC3)C2)c2ccccc21. The summed E-state index contributed by atoms with van der Waals surface area (Å²) in [6.07, 6.45) is 4.77. The molecule has 3 heterocycles. The van der Waals surface area contributed by atoms with E-state index in [1.54, 1.807) is 23.1 Å². The van der Waals surface area contributed by atoms with Gasteiger partial charge in [-0.25, -0.2) is 9.18 Å². The highest BCUT2D eigenvalue weighted by molar-refractivity contribution is 5.96. The van der Waals surface area contributed by atoms with Gasteiger partial charge in [-0.2, -0.15) is 0 Å². The summed E-state index contributed by atoms with van der Waals surface area (Å²) in [6.45, 7) is 3.44. The normalized spacial score (nSPS) is 25.5. The fourth-order valence-corrected chi connectivity index (χ4v) is 6.63. The Kier molecular flexibility index (Phi) is 5.33. The molecule has 3 aliphatic heterocycles. The average molecular weight is 518 g/mol. The van der Waals surface area contributed by atoms with Gasteiger partial charge in [-0.1, -0.05) is 24.3 Å². The van der Waals surface area contributed by atoms with Crippen LogP contribution >= 0.6 is 0 Å². The molecule has 198 valence electrons. The maximum Gasteiger partial charge on any atom is 0.339 e. The molecule has 0 bridgehead atoms. The summed E-state index contributed by atoms with van der Waals surface area (Å²) in [6, 6.07) is 12.6. The number of carbonyl (C=O) groups is 3. The topological polar surface area (TPSA) is 70.2 Å². The summed E-state index contributed by atoms with van der Waals surface area (Å²) in [5.74, 6) is 0.0410. The van der Waals surface area contributed by atoms with Crippen molar-refractivity contribution in [3.05, 3.63) is 65.0 Å². The van der Waals surface area contributed by atoms with Gasteiger partial charge in [-0.15, -0.1) is 0 Å². The Hall–Kier alpha value is -3.42. The quantitative estimate of drug-likeness (QED) is 0.567. The molecule has 2 saturated carbocycles. The molecule has 38 heavy (non-hydrogen) atoms. The maximum absolute atomic E-state index is 15.6. The first-order valence-corrected chi connectivity index (χ1v) is 13.8. The third-order valence-electron chi connectivity index (χ3n) is 9.23. The molecular weight excluding hydrogens is 485 g/mol. The summed E-state index contributed by atoms with van der Waals surface area (Å²) in [5, 5.41) is 0. The van der Waals surface area contributed by atoms with Gasteiger partial charge in [0.2, 0.25) is 11.8 Å². The molecule has 1 spiro atoms. The number of rotatable bonds is 5. The lowest BCUT2D eigenvalue weighted by molar-refractivity contribution is -0.134. The van der Waals surface area contributed by atoms with Crippen LogP contribution in [0.15, 0.2) is 42.5 Å². The van der Waals surface area contributed by atoms with Crippen LogP contribution in [0.1, 0.15) is 60.0 Å². The Bertz CT molecular complexity index is 1330. The Labute approximate surface area is 221 Å². The second-order valence-electron chi connectivity index (χ2n) is 11.7. The van der Waals surface area contributed by atoms with Gasteiger partial charge in [0.05, 0.1) is 17.5 Å². The molecular formula is C30H32FN3O4. The predicted molar refractivity (Wildman–Crippen MR) is 138 cm³/mol. The summed E-state index contributed by atoms with van der Waals surface area (Å²) in [5.41, 5.74) is 1.01. The summed E-state index contributed by atoms with van der Waals surface area (Å²) >= 11 is 0. The van der Waals surface area contributed by atoms with Crippen LogP contribution in [0.2, 0.25) is 0 Å². The third-order valence-corrected chi connectivity index (χ3v) is 9.23. The number of hydrogen-bond donors (Lipinski definition) is 0. The molecule has 0 N–H and O–H groups in total. The number of ether oxygens (including phenoxy) is 1. The van der Waals surface area contributed by atoms with Crippen LogP contribution in [-0.2, 0) is 25.3 Å². The minimum Gasteiger partial charge on any atom is -0.449 e. The van der Waals surface area contributed by atoms with Crippen molar-refractivity contribution in [3.8, 4) is 0 Å². The van der Waals surface area contributed by atoms with Crippen molar-refractivity contribution in [1.82, 2.24) is 9.80 Å². The van der Waals surface area contributed by atoms with E-state index in [4.69, 9.17) is 4.74 Å². The number of carbonyl (C=O) groups excluding carboxylic acids is 3. The molecule has 7 rings (SSSR count). The lowest BCUT2D eigenvalue weighted by Crippen LogP contribution is -2.49. The van der Waals surface area contributed by atoms with Crippen LogP contribution in [0.4, 0.5) is 10.1 Å². The van der Waals surface area contributed by atoms with Crippen molar-refractivity contribution in [2.24, 2.45) is 5.92 Å². The van der Waals surface area contributed by atoms with Crippen LogP contribution in [0, 0.1) is 11.7 Å². The van der Waals surface area contributed by atoms with Crippen LogP contribution in [0.25, 0.3) is 0 Å². The first-order chi connectivity index (χ1) is 18.4. The zero-order chi connectivity index (χ0) is 26.1. The van der Waals surface area contributed by atoms with E-state index in [9.17, 15) is 14.4 Å². The summed E-state index contributed by atoms with van der Waals surface area (Å²) in [4.78, 5) is 44.4. The zero-order valence-electron chi connectivity index (χ0n) is 21.5. The van der Waals surface area contributed by atoms with Gasteiger partial charge in [-0.3, -0.25) is 9.59 Å². The van der Waals surface area contributed by atoms with Crippen molar-refractivity contribution < 1.29 is 23.5 Å². The largest absolute Gasteiger partial charge is 0.449 e. The van der Waals surface area contributed by atoms with E-state index in [0.717, 1.165) is 11.3 Å². The van der Waals surface area contributed by atoms with E-state index in [1.807, 2.05) is 29.2 Å². The maximum atomic E-state index is 15.6. The second kappa shape index (κ2) is 8.55. The van der Waals surface area contributed by atoms with Gasteiger partial charge >= 0.3 is 5.97 Å². The Morgan fingerprint density at radius 3 is 2.39 bits per heavy atom. The molecule has 7 nitrogen and oxygen atoms in total. The van der Waals surface area contributed by atoms with Crippen molar-refractivity contribution in [2.75, 3.05) is 44.2 Å². The monoisotopic (exact) mass is 517 g/mol. The molecule has 0 aromatic heterocycles. The third kappa shape index (κ3) is 3.79. The van der Waals surface area contributed by atoms with Crippen LogP contribution in [-0.4, -0.2) is 66.9 Å². The number of hydrogen-bond acceptors (Lipinski definition) is 5. The smallest absolute Gasteiger partial charge is 0.339 e. The molecule has 4 fully saturated rings. The highest BCUT2D eigenvalue weighted by Gasteiger charge is 2.58. The molecule has 2 aliphatic carbocycles. The van der Waals surface area contributed by atoms with Gasteiger partial charge in [0.25, 0.3) is 0 Å². The fraction of sp³-hybridized carbons (Fsp3) is 0.500. The molecule has 5 aliphatic rings. The Morgan fingerprint density at radius 2 is 1.68 bits per heavy atom. The van der Waals surface area contributed by atoms with E-state index in [-0.39, 0.29) is 23.6 Å². The van der Waals surface area contributed by atoms with Crippen molar-refractivity contribution >= 4 is 23.5 Å². The molecule has 2 amide bonds. The lowest BCUT2D eigenvalue weighted by atomic mass is 9.91. The number of esters is 1. The zero-order valence-corrected chi connectivity index (χ0v) is 21.5. The van der Waals surface area contributed by atoms with Crippen LogP contribution in [0.5, 0.6) is 0 Å². The van der Waals surface area contributed by atoms with E-state index >= 15 is 4.39 Å². The van der Waals surface area contributed by atoms with Crippen LogP contribution < -0.4 is 4.90 Å². The lowest BCUT2D eigenvalue weighted by Gasteiger charge is -2.36. The van der Waals surface area contributed by atoms with E-state index in [1.165, 1.54) is 12.8 Å². The number of likely N-dealkylation sites (tertiary alicyclic amines) is 1. The molecule has 2 aromatic carbocycles. The summed E-state index contributed by atoms with van der Waals surface area (Å²) in [7, 11) is 0. The van der Waals surface area contributed by atoms with Gasteiger partial charge in [0.15, 0.2) is 5.60 Å². The standard InChI is InChI=1S/C30H32FN3O4/c31-25-18-21(32-13-15-33(16-14-32)26(35)17-20-5-6-20)7-8-24(25)29(9-10-29)28(37)34-12-11-30(19-34)23-4-2-1-3-22(23)27(36)38-30/h1-4,7-8,18,20H,5-6,9-17,19H2/t30-/m0/s1. The number of benzene rings is 2. The number of piperazine rings is 1. The highest BCUT2D eigenvalue weighted by Crippen LogP contribution is 2.53. The van der Waals surface area contributed by atoms with Crippen LogP contribution in [0.3, 0.4) is 0 Å². The Morgan fingerprint density at radius 1 is 0.921 bits per heavy atom. The van der Waals surface area contributed by atoms with Gasteiger partial charge in [0.1, 0.15) is 5.82 Å². The molecule has 1 atom stereocenters. The van der Waals surface area contributed by atoms with E-state index in [2.05, 4.69) is 4.90 Å². The minimum absolute atomic E-state index is 0.0794. The molecule has 2 saturated heterocycles. The van der Waals surface area contributed by atoms with E-state index < -0.39 is 11.0 Å².